The lowest BCUT2D eigenvalue weighted by Crippen LogP contribution is -2.06. The van der Waals surface area contributed by atoms with Crippen LogP contribution in [0.25, 0.3) is 11.1 Å². The second-order valence-electron chi connectivity index (χ2n) is 5.18. The summed E-state index contributed by atoms with van der Waals surface area (Å²) in [6.45, 7) is 7.38. The van der Waals surface area contributed by atoms with E-state index in [1.165, 1.54) is 0 Å². The molecule has 0 aliphatic rings. The lowest BCUT2D eigenvalue weighted by atomic mass is 9.93. The molecular formula is C16H18O3S. The third-order valence-electron chi connectivity index (χ3n) is 3.50. The van der Waals surface area contributed by atoms with E-state index in [0.717, 1.165) is 22.3 Å². The van der Waals surface area contributed by atoms with E-state index in [-0.39, 0.29) is 4.90 Å². The minimum absolute atomic E-state index is 0.0127. The van der Waals surface area contributed by atoms with E-state index in [4.69, 9.17) is 0 Å². The van der Waals surface area contributed by atoms with Gasteiger partial charge in [0.2, 0.25) is 0 Å². The van der Waals surface area contributed by atoms with Crippen molar-refractivity contribution in [3.63, 3.8) is 0 Å². The fourth-order valence-corrected chi connectivity index (χ4v) is 3.68. The van der Waals surface area contributed by atoms with Gasteiger partial charge in [0.15, 0.2) is 0 Å². The maximum absolute atomic E-state index is 11.6. The first-order chi connectivity index (χ1) is 9.21. The van der Waals surface area contributed by atoms with E-state index in [0.29, 0.717) is 11.1 Å². The molecule has 0 aromatic heterocycles. The lowest BCUT2D eigenvalue weighted by Gasteiger charge is -2.16. The van der Waals surface area contributed by atoms with Crippen LogP contribution in [0.2, 0.25) is 0 Å². The first-order valence-electron chi connectivity index (χ1n) is 6.37. The van der Waals surface area contributed by atoms with Crippen LogP contribution in [-0.2, 0) is 10.1 Å². The third kappa shape index (κ3) is 2.62. The van der Waals surface area contributed by atoms with Gasteiger partial charge in [-0.3, -0.25) is 4.55 Å². The van der Waals surface area contributed by atoms with Crippen LogP contribution in [0.5, 0.6) is 0 Å². The van der Waals surface area contributed by atoms with Crippen LogP contribution >= 0.6 is 0 Å². The average molecular weight is 290 g/mol. The van der Waals surface area contributed by atoms with Crippen molar-refractivity contribution in [3.8, 4) is 11.1 Å². The van der Waals surface area contributed by atoms with Gasteiger partial charge in [-0.2, -0.15) is 8.42 Å². The molecule has 0 fully saturated rings. The topological polar surface area (TPSA) is 54.4 Å². The van der Waals surface area contributed by atoms with E-state index < -0.39 is 10.1 Å². The van der Waals surface area contributed by atoms with Crippen molar-refractivity contribution in [2.75, 3.05) is 0 Å². The molecule has 0 heterocycles. The standard InChI is InChI=1S/C16H18O3S/c1-10-5-7-14(8-6-10)15-11(2)9-12(3)16(13(15)4)20(17,18)19/h5-9H,1-4H3,(H,17,18,19). The number of aryl methyl sites for hydroxylation is 3. The fraction of sp³-hybridized carbons (Fsp3) is 0.250. The second kappa shape index (κ2) is 5.04. The number of benzene rings is 2. The number of rotatable bonds is 2. The summed E-state index contributed by atoms with van der Waals surface area (Å²) in [5, 5.41) is 0. The Labute approximate surface area is 120 Å². The molecule has 0 unspecified atom stereocenters. The normalized spacial score (nSPS) is 11.7. The predicted molar refractivity (Wildman–Crippen MR) is 80.6 cm³/mol. The van der Waals surface area contributed by atoms with Crippen molar-refractivity contribution in [3.05, 3.63) is 52.6 Å². The molecule has 0 saturated carbocycles. The molecule has 2 aromatic rings. The average Bonchev–Trinajstić information content (AvgIpc) is 2.28. The Bertz CT molecular complexity index is 757. The quantitative estimate of drug-likeness (QED) is 0.855. The van der Waals surface area contributed by atoms with E-state index in [2.05, 4.69) is 0 Å². The molecule has 0 saturated heterocycles. The molecule has 20 heavy (non-hydrogen) atoms. The van der Waals surface area contributed by atoms with E-state index in [9.17, 15) is 13.0 Å². The van der Waals surface area contributed by atoms with Crippen molar-refractivity contribution in [2.45, 2.75) is 32.6 Å². The molecule has 1 N–H and O–H groups in total. The predicted octanol–water partition coefficient (Wildman–Crippen LogP) is 3.83. The van der Waals surface area contributed by atoms with Crippen LogP contribution in [0.1, 0.15) is 22.3 Å². The highest BCUT2D eigenvalue weighted by Crippen LogP contribution is 2.33. The molecule has 0 atom stereocenters. The summed E-state index contributed by atoms with van der Waals surface area (Å²) in [7, 11) is -4.22. The third-order valence-corrected chi connectivity index (χ3v) is 4.64. The van der Waals surface area contributed by atoms with Gasteiger partial charge in [-0.1, -0.05) is 35.9 Å². The highest BCUT2D eigenvalue weighted by atomic mass is 32.2. The molecule has 0 amide bonds. The van der Waals surface area contributed by atoms with Crippen LogP contribution in [0.4, 0.5) is 0 Å². The highest BCUT2D eigenvalue weighted by molar-refractivity contribution is 7.86. The maximum Gasteiger partial charge on any atom is 0.295 e. The Hall–Kier alpha value is -1.65. The van der Waals surface area contributed by atoms with Crippen molar-refractivity contribution < 1.29 is 13.0 Å². The molecule has 3 nitrogen and oxygen atoms in total. The first kappa shape index (κ1) is 14.8. The van der Waals surface area contributed by atoms with Crippen molar-refractivity contribution >= 4 is 10.1 Å². The van der Waals surface area contributed by atoms with Gasteiger partial charge in [0.1, 0.15) is 4.90 Å². The molecular weight excluding hydrogens is 272 g/mol. The molecule has 2 rings (SSSR count). The monoisotopic (exact) mass is 290 g/mol. The van der Waals surface area contributed by atoms with Gasteiger partial charge in [0.25, 0.3) is 10.1 Å². The number of hydrogen-bond acceptors (Lipinski definition) is 2. The highest BCUT2D eigenvalue weighted by Gasteiger charge is 2.21. The van der Waals surface area contributed by atoms with E-state index in [1.54, 1.807) is 19.9 Å². The Kier molecular flexibility index (Phi) is 3.71. The molecule has 106 valence electrons. The van der Waals surface area contributed by atoms with Crippen LogP contribution < -0.4 is 0 Å². The summed E-state index contributed by atoms with van der Waals surface area (Å²) in [6.07, 6.45) is 0. The molecule has 0 bridgehead atoms. The summed E-state index contributed by atoms with van der Waals surface area (Å²) in [4.78, 5) is 0.0127. The van der Waals surface area contributed by atoms with Crippen molar-refractivity contribution in [2.24, 2.45) is 0 Å². The summed E-state index contributed by atoms with van der Waals surface area (Å²) in [5.41, 5.74) is 5.12. The van der Waals surface area contributed by atoms with Gasteiger partial charge < -0.3 is 0 Å². The summed E-state index contributed by atoms with van der Waals surface area (Å²) >= 11 is 0. The fourth-order valence-electron chi connectivity index (χ4n) is 2.73. The van der Waals surface area contributed by atoms with Crippen LogP contribution in [0.15, 0.2) is 35.2 Å². The molecule has 0 aliphatic heterocycles. The van der Waals surface area contributed by atoms with Gasteiger partial charge in [0, 0.05) is 0 Å². The summed E-state index contributed by atoms with van der Waals surface area (Å²) < 4.78 is 32.6. The van der Waals surface area contributed by atoms with Crippen LogP contribution in [0, 0.1) is 27.7 Å². The van der Waals surface area contributed by atoms with Crippen LogP contribution in [0.3, 0.4) is 0 Å². The smallest absolute Gasteiger partial charge is 0.282 e. The van der Waals surface area contributed by atoms with Crippen molar-refractivity contribution in [1.29, 1.82) is 0 Å². The zero-order chi connectivity index (χ0) is 15.1. The maximum atomic E-state index is 11.6. The zero-order valence-electron chi connectivity index (χ0n) is 12.1. The van der Waals surface area contributed by atoms with Gasteiger partial charge in [-0.05, 0) is 55.5 Å². The molecule has 2 aromatic carbocycles. The molecule has 0 radical (unpaired) electrons. The lowest BCUT2D eigenvalue weighted by molar-refractivity contribution is 0.482. The van der Waals surface area contributed by atoms with Gasteiger partial charge in [-0.15, -0.1) is 0 Å². The SMILES string of the molecule is Cc1ccc(-c2c(C)cc(C)c(S(=O)(=O)O)c2C)cc1. The van der Waals surface area contributed by atoms with Gasteiger partial charge in [0.05, 0.1) is 0 Å². The Balaban J connectivity index is 2.81. The molecule has 4 heteroatoms. The molecule has 0 aliphatic carbocycles. The summed E-state index contributed by atoms with van der Waals surface area (Å²) in [5.74, 6) is 0. The molecule has 0 spiro atoms. The van der Waals surface area contributed by atoms with Gasteiger partial charge >= 0.3 is 0 Å². The van der Waals surface area contributed by atoms with Gasteiger partial charge in [-0.25, -0.2) is 0 Å². The van der Waals surface area contributed by atoms with Crippen LogP contribution in [-0.4, -0.2) is 13.0 Å². The Morgan fingerprint density at radius 3 is 1.95 bits per heavy atom. The number of hydrogen-bond donors (Lipinski definition) is 1. The second-order valence-corrected chi connectivity index (χ2v) is 6.54. The largest absolute Gasteiger partial charge is 0.295 e. The summed E-state index contributed by atoms with van der Waals surface area (Å²) in [6, 6.07) is 9.70. The minimum atomic E-state index is -4.22. The minimum Gasteiger partial charge on any atom is -0.282 e. The van der Waals surface area contributed by atoms with E-state index in [1.807, 2.05) is 38.1 Å². The van der Waals surface area contributed by atoms with E-state index >= 15 is 0 Å². The zero-order valence-corrected chi connectivity index (χ0v) is 12.9. The first-order valence-corrected chi connectivity index (χ1v) is 7.81. The Morgan fingerprint density at radius 2 is 1.45 bits per heavy atom. The van der Waals surface area contributed by atoms with Crippen molar-refractivity contribution in [1.82, 2.24) is 0 Å². The Morgan fingerprint density at radius 1 is 0.900 bits per heavy atom.